The molecule has 0 unspecified atom stereocenters. The maximum absolute atomic E-state index is 13.3. The van der Waals surface area contributed by atoms with Crippen LogP contribution >= 0.6 is 0 Å². The van der Waals surface area contributed by atoms with Gasteiger partial charge in [0.15, 0.2) is 11.2 Å². The molecular formula is C17H11F2N5O. The van der Waals surface area contributed by atoms with Gasteiger partial charge in [-0.25, -0.2) is 13.8 Å². The Labute approximate surface area is 140 Å². The quantitative estimate of drug-likeness (QED) is 0.574. The monoisotopic (exact) mass is 339 g/mol. The van der Waals surface area contributed by atoms with Gasteiger partial charge in [-0.15, -0.1) is 5.10 Å². The van der Waals surface area contributed by atoms with E-state index in [9.17, 15) is 13.6 Å². The lowest BCUT2D eigenvalue weighted by Crippen LogP contribution is -2.21. The third-order valence-electron chi connectivity index (χ3n) is 3.74. The van der Waals surface area contributed by atoms with Gasteiger partial charge in [-0.1, -0.05) is 17.3 Å². The molecule has 0 saturated heterocycles. The number of hydrogen-bond donors (Lipinski definition) is 0. The molecule has 0 amide bonds. The number of hydrogen-bond acceptors (Lipinski definition) is 4. The summed E-state index contributed by atoms with van der Waals surface area (Å²) in [4.78, 5) is 16.8. The minimum Gasteiger partial charge on any atom is -0.293 e. The number of nitrogens with zero attached hydrogens (tertiary/aromatic N) is 5. The Bertz CT molecular complexity index is 1120. The molecular weight excluding hydrogens is 328 g/mol. The molecule has 0 aliphatic heterocycles. The smallest absolute Gasteiger partial charge is 0.283 e. The highest BCUT2D eigenvalue weighted by molar-refractivity contribution is 5.70. The average molecular weight is 339 g/mol. The number of halogens is 2. The van der Waals surface area contributed by atoms with Crippen LogP contribution in [0.3, 0.4) is 0 Å². The molecule has 8 heteroatoms. The van der Waals surface area contributed by atoms with Gasteiger partial charge in [-0.2, -0.15) is 4.68 Å². The fraction of sp³-hybridized carbons (Fsp3) is 0.0588. The maximum Gasteiger partial charge on any atom is 0.283 e. The van der Waals surface area contributed by atoms with Crippen molar-refractivity contribution < 1.29 is 8.78 Å². The molecule has 0 fully saturated rings. The van der Waals surface area contributed by atoms with Gasteiger partial charge < -0.3 is 0 Å². The molecule has 4 rings (SSSR count). The van der Waals surface area contributed by atoms with Gasteiger partial charge in [0.2, 0.25) is 0 Å². The van der Waals surface area contributed by atoms with Crippen molar-refractivity contribution in [2.24, 2.45) is 0 Å². The maximum atomic E-state index is 13.3. The summed E-state index contributed by atoms with van der Waals surface area (Å²) in [5.74, 6) is -0.750. The predicted octanol–water partition coefficient (Wildman–Crippen LogP) is 2.30. The van der Waals surface area contributed by atoms with Crippen molar-refractivity contribution in [1.29, 1.82) is 0 Å². The summed E-state index contributed by atoms with van der Waals surface area (Å²) >= 11 is 0. The van der Waals surface area contributed by atoms with Crippen LogP contribution < -0.4 is 5.56 Å². The van der Waals surface area contributed by atoms with E-state index in [1.165, 1.54) is 52.0 Å². The minimum absolute atomic E-state index is 0.0863. The molecule has 0 N–H and O–H groups in total. The molecule has 6 nitrogen and oxygen atoms in total. The number of aromatic nitrogens is 5. The van der Waals surface area contributed by atoms with Crippen LogP contribution in [0.2, 0.25) is 0 Å². The van der Waals surface area contributed by atoms with Crippen LogP contribution in [0.15, 0.2) is 59.7 Å². The fourth-order valence-electron chi connectivity index (χ4n) is 2.54. The normalized spacial score (nSPS) is 11.1. The van der Waals surface area contributed by atoms with Crippen LogP contribution in [0.1, 0.15) is 5.56 Å². The van der Waals surface area contributed by atoms with Gasteiger partial charge >= 0.3 is 0 Å². The molecule has 25 heavy (non-hydrogen) atoms. The number of benzene rings is 2. The van der Waals surface area contributed by atoms with Gasteiger partial charge in [0.25, 0.3) is 5.56 Å². The molecule has 0 aliphatic rings. The van der Waals surface area contributed by atoms with Crippen molar-refractivity contribution in [2.75, 3.05) is 0 Å². The summed E-state index contributed by atoms with van der Waals surface area (Å²) in [7, 11) is 0. The molecule has 0 saturated carbocycles. The Kier molecular flexibility index (Phi) is 3.57. The van der Waals surface area contributed by atoms with E-state index in [0.717, 1.165) is 0 Å². The first-order valence-electron chi connectivity index (χ1n) is 7.43. The summed E-state index contributed by atoms with van der Waals surface area (Å²) in [6.45, 7) is 0.170. The van der Waals surface area contributed by atoms with Crippen molar-refractivity contribution in [3.63, 3.8) is 0 Å². The summed E-state index contributed by atoms with van der Waals surface area (Å²) in [6.07, 6.45) is 1.36. The second kappa shape index (κ2) is 5.90. The minimum atomic E-state index is -0.386. The van der Waals surface area contributed by atoms with Crippen LogP contribution in [0.25, 0.3) is 16.9 Å². The third-order valence-corrected chi connectivity index (χ3v) is 3.74. The average Bonchev–Trinajstić information content (AvgIpc) is 3.03. The molecule has 0 atom stereocenters. The highest BCUT2D eigenvalue weighted by atomic mass is 19.1. The van der Waals surface area contributed by atoms with Crippen LogP contribution in [0, 0.1) is 11.6 Å². The largest absolute Gasteiger partial charge is 0.293 e. The molecule has 0 bridgehead atoms. The zero-order chi connectivity index (χ0) is 17.4. The van der Waals surface area contributed by atoms with Crippen molar-refractivity contribution in [1.82, 2.24) is 24.5 Å². The fourth-order valence-corrected chi connectivity index (χ4v) is 2.54. The van der Waals surface area contributed by atoms with Crippen LogP contribution in [0.4, 0.5) is 8.78 Å². The lowest BCUT2D eigenvalue weighted by molar-refractivity contribution is 0.622. The zero-order valence-electron chi connectivity index (χ0n) is 12.8. The highest BCUT2D eigenvalue weighted by Crippen LogP contribution is 2.13. The van der Waals surface area contributed by atoms with E-state index in [-0.39, 0.29) is 34.9 Å². The van der Waals surface area contributed by atoms with Gasteiger partial charge in [-0.05, 0) is 42.0 Å². The van der Waals surface area contributed by atoms with Gasteiger partial charge in [0.05, 0.1) is 12.2 Å². The predicted molar refractivity (Wildman–Crippen MR) is 86.4 cm³/mol. The Hall–Kier alpha value is -3.42. The molecule has 0 spiro atoms. The zero-order valence-corrected chi connectivity index (χ0v) is 12.8. The van der Waals surface area contributed by atoms with Gasteiger partial charge in [0, 0.05) is 0 Å². The van der Waals surface area contributed by atoms with E-state index in [0.29, 0.717) is 11.3 Å². The van der Waals surface area contributed by atoms with E-state index in [1.54, 1.807) is 12.1 Å². The lowest BCUT2D eigenvalue weighted by atomic mass is 10.2. The molecule has 2 aromatic carbocycles. The van der Waals surface area contributed by atoms with Crippen LogP contribution in [0.5, 0.6) is 0 Å². The van der Waals surface area contributed by atoms with Crippen molar-refractivity contribution >= 4 is 11.2 Å². The molecule has 2 heterocycles. The Morgan fingerprint density at radius 3 is 2.56 bits per heavy atom. The van der Waals surface area contributed by atoms with Crippen molar-refractivity contribution in [2.45, 2.75) is 6.54 Å². The summed E-state index contributed by atoms with van der Waals surface area (Å²) in [6, 6.07) is 11.6. The lowest BCUT2D eigenvalue weighted by Gasteiger charge is -2.06. The number of rotatable bonds is 3. The Morgan fingerprint density at radius 2 is 1.80 bits per heavy atom. The van der Waals surface area contributed by atoms with Gasteiger partial charge in [-0.3, -0.25) is 9.36 Å². The number of fused-ring (bicyclic) bond motifs is 1. The van der Waals surface area contributed by atoms with Gasteiger partial charge in [0.1, 0.15) is 18.0 Å². The molecule has 4 aromatic rings. The van der Waals surface area contributed by atoms with Crippen LogP contribution in [-0.4, -0.2) is 24.5 Å². The second-order valence-corrected chi connectivity index (χ2v) is 5.46. The summed E-state index contributed by atoms with van der Waals surface area (Å²) in [5.41, 5.74) is 1.14. The topological polar surface area (TPSA) is 65.6 Å². The Morgan fingerprint density at radius 1 is 1.00 bits per heavy atom. The molecule has 0 radical (unpaired) electrons. The third kappa shape index (κ3) is 2.78. The summed E-state index contributed by atoms with van der Waals surface area (Å²) < 4.78 is 29.0. The van der Waals surface area contributed by atoms with E-state index in [2.05, 4.69) is 15.3 Å². The van der Waals surface area contributed by atoms with E-state index in [4.69, 9.17) is 0 Å². The highest BCUT2D eigenvalue weighted by Gasteiger charge is 2.13. The first-order chi connectivity index (χ1) is 12.1. The molecule has 2 aromatic heterocycles. The van der Waals surface area contributed by atoms with E-state index >= 15 is 0 Å². The molecule has 124 valence electrons. The standard InChI is InChI=1S/C17H11F2N5O/c18-12-4-6-14(7-5-12)24-16-15(21-22-24)17(25)23(10-20-16)9-11-2-1-3-13(19)8-11/h1-8,10H,9H2. The molecule has 0 aliphatic carbocycles. The first kappa shape index (κ1) is 15.1. The SMILES string of the molecule is O=c1c2nnn(-c3ccc(F)cc3)c2ncn1Cc1cccc(F)c1. The summed E-state index contributed by atoms with van der Waals surface area (Å²) in [5, 5.41) is 7.81. The first-order valence-corrected chi connectivity index (χ1v) is 7.43. The van der Waals surface area contributed by atoms with E-state index in [1.807, 2.05) is 0 Å². The van der Waals surface area contributed by atoms with E-state index < -0.39 is 0 Å². The van der Waals surface area contributed by atoms with Crippen molar-refractivity contribution in [3.8, 4) is 5.69 Å². The van der Waals surface area contributed by atoms with Crippen molar-refractivity contribution in [3.05, 3.63) is 82.4 Å². The van der Waals surface area contributed by atoms with Crippen LogP contribution in [-0.2, 0) is 6.54 Å². The Balaban J connectivity index is 1.77. The second-order valence-electron chi connectivity index (χ2n) is 5.46.